The van der Waals surface area contributed by atoms with Gasteiger partial charge in [-0.1, -0.05) is 13.0 Å². The van der Waals surface area contributed by atoms with Gasteiger partial charge in [0.15, 0.2) is 11.5 Å². The van der Waals surface area contributed by atoms with Gasteiger partial charge in [0.1, 0.15) is 13.2 Å². The first kappa shape index (κ1) is 13.7. The Kier molecular flexibility index (Phi) is 4.27. The molecule has 1 aliphatic rings. The molecule has 104 valence electrons. The Labute approximate surface area is 113 Å². The monoisotopic (exact) mass is 264 g/mol. The number of para-hydroxylation sites is 1. The Morgan fingerprint density at radius 3 is 2.89 bits per heavy atom. The minimum Gasteiger partial charge on any atom is -0.486 e. The van der Waals surface area contributed by atoms with E-state index in [-0.39, 0.29) is 11.8 Å². The summed E-state index contributed by atoms with van der Waals surface area (Å²) >= 11 is 0. The zero-order chi connectivity index (χ0) is 13.8. The number of hydrogen-bond acceptors (Lipinski definition) is 4. The lowest BCUT2D eigenvalue weighted by molar-refractivity contribution is 0.0767. The molecule has 0 radical (unpaired) electrons. The van der Waals surface area contributed by atoms with Crippen LogP contribution in [-0.2, 0) is 0 Å². The van der Waals surface area contributed by atoms with Crippen LogP contribution in [0.25, 0.3) is 0 Å². The van der Waals surface area contributed by atoms with E-state index in [1.54, 1.807) is 24.1 Å². The minimum atomic E-state index is -0.0670. The van der Waals surface area contributed by atoms with Gasteiger partial charge in [-0.05, 0) is 24.6 Å². The molecule has 0 aliphatic carbocycles. The van der Waals surface area contributed by atoms with Gasteiger partial charge < -0.3 is 20.1 Å². The second-order valence-electron chi connectivity index (χ2n) is 4.86. The van der Waals surface area contributed by atoms with E-state index in [1.807, 2.05) is 13.0 Å². The third-order valence-electron chi connectivity index (χ3n) is 3.13. The summed E-state index contributed by atoms with van der Waals surface area (Å²) in [5, 5.41) is 0. The molecule has 1 aliphatic heterocycles. The molecular weight excluding hydrogens is 244 g/mol. The highest BCUT2D eigenvalue weighted by Gasteiger charge is 2.23. The lowest BCUT2D eigenvalue weighted by atomic mass is 10.1. The van der Waals surface area contributed by atoms with E-state index in [9.17, 15) is 4.79 Å². The zero-order valence-corrected chi connectivity index (χ0v) is 11.4. The van der Waals surface area contributed by atoms with Gasteiger partial charge in [-0.2, -0.15) is 0 Å². The van der Waals surface area contributed by atoms with Crippen molar-refractivity contribution in [1.82, 2.24) is 4.90 Å². The van der Waals surface area contributed by atoms with Gasteiger partial charge in [-0.15, -0.1) is 0 Å². The summed E-state index contributed by atoms with van der Waals surface area (Å²) in [5.74, 6) is 1.39. The summed E-state index contributed by atoms with van der Waals surface area (Å²) in [6, 6.07) is 5.38. The minimum absolute atomic E-state index is 0.0670. The summed E-state index contributed by atoms with van der Waals surface area (Å²) < 4.78 is 11.0. The fourth-order valence-corrected chi connectivity index (χ4v) is 2.07. The summed E-state index contributed by atoms with van der Waals surface area (Å²) in [6.45, 7) is 4.19. The fourth-order valence-electron chi connectivity index (χ4n) is 2.07. The van der Waals surface area contributed by atoms with Crippen LogP contribution in [0.1, 0.15) is 17.3 Å². The number of carbonyl (C=O) groups is 1. The van der Waals surface area contributed by atoms with Crippen molar-refractivity contribution in [3.63, 3.8) is 0 Å². The van der Waals surface area contributed by atoms with Crippen molar-refractivity contribution < 1.29 is 14.3 Å². The molecular formula is C14H20N2O3. The Bertz CT molecular complexity index is 462. The van der Waals surface area contributed by atoms with Gasteiger partial charge in [0.25, 0.3) is 5.91 Å². The molecule has 19 heavy (non-hydrogen) atoms. The first-order chi connectivity index (χ1) is 9.13. The number of hydrogen-bond donors (Lipinski definition) is 1. The van der Waals surface area contributed by atoms with Crippen LogP contribution >= 0.6 is 0 Å². The highest BCUT2D eigenvalue weighted by atomic mass is 16.6. The highest BCUT2D eigenvalue weighted by Crippen LogP contribution is 2.34. The number of nitrogens with zero attached hydrogens (tertiary/aromatic N) is 1. The van der Waals surface area contributed by atoms with E-state index in [4.69, 9.17) is 15.2 Å². The molecule has 5 nitrogen and oxygen atoms in total. The molecule has 0 aromatic heterocycles. The Morgan fingerprint density at radius 1 is 1.42 bits per heavy atom. The van der Waals surface area contributed by atoms with Crippen LogP contribution in [-0.4, -0.2) is 44.2 Å². The lowest BCUT2D eigenvalue weighted by Gasteiger charge is -2.24. The largest absolute Gasteiger partial charge is 0.486 e. The van der Waals surface area contributed by atoms with Crippen molar-refractivity contribution in [2.45, 2.75) is 6.92 Å². The Morgan fingerprint density at radius 2 is 2.16 bits per heavy atom. The van der Waals surface area contributed by atoms with Crippen molar-refractivity contribution >= 4 is 5.91 Å². The lowest BCUT2D eigenvalue weighted by Crippen LogP contribution is -2.34. The van der Waals surface area contributed by atoms with E-state index in [2.05, 4.69) is 0 Å². The molecule has 1 aromatic carbocycles. The van der Waals surface area contributed by atoms with Gasteiger partial charge in [0, 0.05) is 13.6 Å². The first-order valence-electron chi connectivity index (χ1n) is 6.47. The molecule has 0 fully saturated rings. The summed E-state index contributed by atoms with van der Waals surface area (Å²) in [5.41, 5.74) is 6.13. The van der Waals surface area contributed by atoms with E-state index in [1.165, 1.54) is 0 Å². The van der Waals surface area contributed by atoms with E-state index < -0.39 is 0 Å². The molecule has 5 heteroatoms. The van der Waals surface area contributed by atoms with Crippen LogP contribution in [0.3, 0.4) is 0 Å². The van der Waals surface area contributed by atoms with E-state index in [0.717, 1.165) is 0 Å². The second-order valence-corrected chi connectivity index (χ2v) is 4.86. The summed E-state index contributed by atoms with van der Waals surface area (Å²) in [7, 11) is 1.78. The van der Waals surface area contributed by atoms with Gasteiger partial charge in [0.05, 0.1) is 5.56 Å². The van der Waals surface area contributed by atoms with Crippen molar-refractivity contribution in [1.29, 1.82) is 0 Å². The van der Waals surface area contributed by atoms with Crippen LogP contribution in [0.5, 0.6) is 11.5 Å². The average Bonchev–Trinajstić information content (AvgIpc) is 2.45. The van der Waals surface area contributed by atoms with Crippen molar-refractivity contribution in [3.8, 4) is 11.5 Å². The van der Waals surface area contributed by atoms with E-state index >= 15 is 0 Å². The molecule has 1 unspecified atom stereocenters. The molecule has 0 saturated heterocycles. The van der Waals surface area contributed by atoms with Gasteiger partial charge in [-0.25, -0.2) is 0 Å². The van der Waals surface area contributed by atoms with Crippen LogP contribution in [0.2, 0.25) is 0 Å². The standard InChI is InChI=1S/C14H20N2O3/c1-10(8-15)9-16(2)14(17)11-4-3-5-12-13(11)19-7-6-18-12/h3-5,10H,6-9,15H2,1-2H3. The molecule has 1 aromatic rings. The molecule has 2 rings (SSSR count). The molecule has 0 spiro atoms. The summed E-state index contributed by atoms with van der Waals surface area (Å²) in [6.07, 6.45) is 0. The Balaban J connectivity index is 2.19. The predicted octanol–water partition coefficient (Wildman–Crippen LogP) is 1.12. The number of nitrogens with two attached hydrogens (primary N) is 1. The molecule has 1 heterocycles. The van der Waals surface area contributed by atoms with Crippen LogP contribution in [0.15, 0.2) is 18.2 Å². The first-order valence-corrected chi connectivity index (χ1v) is 6.47. The number of carbonyl (C=O) groups excluding carboxylic acids is 1. The van der Waals surface area contributed by atoms with Gasteiger partial charge in [0.2, 0.25) is 0 Å². The summed E-state index contributed by atoms with van der Waals surface area (Å²) in [4.78, 5) is 14.1. The van der Waals surface area contributed by atoms with Crippen LogP contribution in [0.4, 0.5) is 0 Å². The predicted molar refractivity (Wildman–Crippen MR) is 72.6 cm³/mol. The third-order valence-corrected chi connectivity index (χ3v) is 3.13. The maximum Gasteiger partial charge on any atom is 0.257 e. The normalized spacial score (nSPS) is 14.9. The second kappa shape index (κ2) is 5.93. The molecule has 1 atom stereocenters. The topological polar surface area (TPSA) is 64.8 Å². The number of rotatable bonds is 4. The van der Waals surface area contributed by atoms with Crippen molar-refractivity contribution in [3.05, 3.63) is 23.8 Å². The highest BCUT2D eigenvalue weighted by molar-refractivity contribution is 5.97. The SMILES string of the molecule is CC(CN)CN(C)C(=O)c1cccc2c1OCCO2. The average molecular weight is 264 g/mol. The molecule has 2 N–H and O–H groups in total. The number of amides is 1. The van der Waals surface area contributed by atoms with Crippen molar-refractivity contribution in [2.24, 2.45) is 11.7 Å². The smallest absolute Gasteiger partial charge is 0.257 e. The maximum atomic E-state index is 12.4. The quantitative estimate of drug-likeness (QED) is 0.885. The van der Waals surface area contributed by atoms with Crippen LogP contribution in [0, 0.1) is 5.92 Å². The zero-order valence-electron chi connectivity index (χ0n) is 11.4. The number of ether oxygens (including phenoxy) is 2. The van der Waals surface area contributed by atoms with Crippen molar-refractivity contribution in [2.75, 3.05) is 33.4 Å². The molecule has 1 amide bonds. The maximum absolute atomic E-state index is 12.4. The number of fused-ring (bicyclic) bond motifs is 1. The molecule has 0 bridgehead atoms. The third kappa shape index (κ3) is 2.98. The van der Waals surface area contributed by atoms with Gasteiger partial charge >= 0.3 is 0 Å². The fraction of sp³-hybridized carbons (Fsp3) is 0.500. The molecule has 0 saturated carbocycles. The Hall–Kier alpha value is -1.75. The van der Waals surface area contributed by atoms with E-state index in [0.29, 0.717) is 43.4 Å². The number of benzene rings is 1. The van der Waals surface area contributed by atoms with Gasteiger partial charge in [-0.3, -0.25) is 4.79 Å². The van der Waals surface area contributed by atoms with Crippen LogP contribution < -0.4 is 15.2 Å².